The summed E-state index contributed by atoms with van der Waals surface area (Å²) in [5, 5.41) is 0. The molecule has 1 saturated heterocycles. The molecule has 3 nitrogen and oxygen atoms in total. The second-order valence-electron chi connectivity index (χ2n) is 7.72. The van der Waals surface area contributed by atoms with Crippen molar-refractivity contribution < 1.29 is 27.4 Å². The van der Waals surface area contributed by atoms with E-state index in [0.717, 1.165) is 25.7 Å². The zero-order valence-corrected chi connectivity index (χ0v) is 17.6. The highest BCUT2D eigenvalue weighted by atomic mass is 19.2. The standard InChI is InChI=1S/C24H29F3O3/c1-3-4-12-29-22-10-6-17(14-20(22)25)18-7-8-19(24(27)23(18)26)21-9-5-16(15-30-21)11-13-28-2/h6-8,10,14,16,21H,3-5,9,11-13,15H2,1-2H3. The van der Waals surface area contributed by atoms with Gasteiger partial charge in [-0.2, -0.15) is 0 Å². The minimum Gasteiger partial charge on any atom is -0.491 e. The van der Waals surface area contributed by atoms with Crippen molar-refractivity contribution in [2.45, 2.75) is 45.1 Å². The lowest BCUT2D eigenvalue weighted by atomic mass is 9.91. The number of methoxy groups -OCH3 is 1. The van der Waals surface area contributed by atoms with Gasteiger partial charge in [0.25, 0.3) is 0 Å². The van der Waals surface area contributed by atoms with E-state index in [9.17, 15) is 13.2 Å². The first-order valence-corrected chi connectivity index (χ1v) is 10.6. The first-order chi connectivity index (χ1) is 14.5. The maximum atomic E-state index is 14.8. The second kappa shape index (κ2) is 10.8. The number of unbranched alkanes of at least 4 members (excludes halogenated alkanes) is 1. The molecule has 0 radical (unpaired) electrons. The summed E-state index contributed by atoms with van der Waals surface area (Å²) in [7, 11) is 1.66. The number of hydrogen-bond acceptors (Lipinski definition) is 3. The van der Waals surface area contributed by atoms with Crippen LogP contribution < -0.4 is 4.74 Å². The molecule has 2 atom stereocenters. The molecule has 0 N–H and O–H groups in total. The Labute approximate surface area is 176 Å². The van der Waals surface area contributed by atoms with E-state index in [0.29, 0.717) is 32.2 Å². The van der Waals surface area contributed by atoms with E-state index in [1.807, 2.05) is 6.92 Å². The first-order valence-electron chi connectivity index (χ1n) is 10.6. The summed E-state index contributed by atoms with van der Waals surface area (Å²) in [6.45, 7) is 3.59. The molecule has 1 heterocycles. The largest absolute Gasteiger partial charge is 0.491 e. The highest BCUT2D eigenvalue weighted by molar-refractivity contribution is 5.66. The molecule has 2 aromatic carbocycles. The normalized spacial score (nSPS) is 19.1. The molecule has 2 aromatic rings. The third kappa shape index (κ3) is 5.35. The van der Waals surface area contributed by atoms with Crippen LogP contribution in [0.5, 0.6) is 5.75 Å². The fourth-order valence-electron chi connectivity index (χ4n) is 3.71. The van der Waals surface area contributed by atoms with Crippen LogP contribution in [0.2, 0.25) is 0 Å². The zero-order chi connectivity index (χ0) is 21.5. The minimum absolute atomic E-state index is 0.0176. The third-order valence-corrected chi connectivity index (χ3v) is 5.56. The molecule has 6 heteroatoms. The number of benzene rings is 2. The van der Waals surface area contributed by atoms with Crippen molar-refractivity contribution in [1.82, 2.24) is 0 Å². The van der Waals surface area contributed by atoms with Crippen LogP contribution in [-0.4, -0.2) is 26.9 Å². The average molecular weight is 422 g/mol. The van der Waals surface area contributed by atoms with E-state index in [4.69, 9.17) is 14.2 Å². The van der Waals surface area contributed by atoms with E-state index in [1.54, 1.807) is 13.2 Å². The summed E-state index contributed by atoms with van der Waals surface area (Å²) >= 11 is 0. The van der Waals surface area contributed by atoms with Gasteiger partial charge in [0.05, 0.1) is 19.3 Å². The van der Waals surface area contributed by atoms with Gasteiger partial charge in [-0.05, 0) is 49.3 Å². The molecule has 1 fully saturated rings. The van der Waals surface area contributed by atoms with Gasteiger partial charge < -0.3 is 14.2 Å². The van der Waals surface area contributed by atoms with Crippen LogP contribution in [0.15, 0.2) is 30.3 Å². The van der Waals surface area contributed by atoms with Gasteiger partial charge in [-0.15, -0.1) is 0 Å². The molecule has 164 valence electrons. The van der Waals surface area contributed by atoms with E-state index in [-0.39, 0.29) is 22.4 Å². The Morgan fingerprint density at radius 1 is 1.03 bits per heavy atom. The Morgan fingerprint density at radius 2 is 1.87 bits per heavy atom. The van der Waals surface area contributed by atoms with Gasteiger partial charge in [0.2, 0.25) is 0 Å². The maximum Gasteiger partial charge on any atom is 0.167 e. The molecule has 2 unspecified atom stereocenters. The number of ether oxygens (including phenoxy) is 3. The minimum atomic E-state index is -0.989. The van der Waals surface area contributed by atoms with E-state index in [1.165, 1.54) is 24.3 Å². The van der Waals surface area contributed by atoms with Crippen molar-refractivity contribution >= 4 is 0 Å². The van der Waals surface area contributed by atoms with Gasteiger partial charge in [-0.25, -0.2) is 13.2 Å². The van der Waals surface area contributed by atoms with Crippen molar-refractivity contribution in [2.75, 3.05) is 26.9 Å². The van der Waals surface area contributed by atoms with Crippen LogP contribution in [0.25, 0.3) is 11.1 Å². The van der Waals surface area contributed by atoms with E-state index >= 15 is 0 Å². The lowest BCUT2D eigenvalue weighted by Gasteiger charge is -2.29. The van der Waals surface area contributed by atoms with Crippen molar-refractivity contribution in [1.29, 1.82) is 0 Å². The predicted octanol–water partition coefficient (Wildman–Crippen LogP) is 6.45. The smallest absolute Gasteiger partial charge is 0.167 e. The predicted molar refractivity (Wildman–Crippen MR) is 110 cm³/mol. The highest BCUT2D eigenvalue weighted by Gasteiger charge is 2.27. The molecule has 0 amide bonds. The Kier molecular flexibility index (Phi) is 8.16. The lowest BCUT2D eigenvalue weighted by Crippen LogP contribution is -2.22. The third-order valence-electron chi connectivity index (χ3n) is 5.56. The Balaban J connectivity index is 1.73. The number of rotatable bonds is 9. The topological polar surface area (TPSA) is 27.7 Å². The molecular formula is C24H29F3O3. The molecule has 0 bridgehead atoms. The summed E-state index contributed by atoms with van der Waals surface area (Å²) in [4.78, 5) is 0. The molecule has 3 rings (SSSR count). The summed E-state index contributed by atoms with van der Waals surface area (Å²) < 4.78 is 60.2. The van der Waals surface area contributed by atoms with E-state index < -0.39 is 23.6 Å². The number of hydrogen-bond donors (Lipinski definition) is 0. The van der Waals surface area contributed by atoms with E-state index in [2.05, 4.69) is 0 Å². The molecule has 1 aliphatic heterocycles. The molecular weight excluding hydrogens is 393 g/mol. The Hall–Kier alpha value is -2.05. The van der Waals surface area contributed by atoms with Gasteiger partial charge in [0.15, 0.2) is 23.2 Å². The first kappa shape index (κ1) is 22.6. The van der Waals surface area contributed by atoms with Gasteiger partial charge in [0.1, 0.15) is 0 Å². The fraction of sp³-hybridized carbons (Fsp3) is 0.500. The van der Waals surface area contributed by atoms with Gasteiger partial charge >= 0.3 is 0 Å². The average Bonchev–Trinajstić information content (AvgIpc) is 2.76. The number of halogens is 3. The van der Waals surface area contributed by atoms with Crippen LogP contribution in [0, 0.1) is 23.4 Å². The van der Waals surface area contributed by atoms with Crippen LogP contribution >= 0.6 is 0 Å². The maximum absolute atomic E-state index is 14.8. The molecule has 0 aliphatic carbocycles. The van der Waals surface area contributed by atoms with Gasteiger partial charge in [0, 0.05) is 24.8 Å². The summed E-state index contributed by atoms with van der Waals surface area (Å²) in [5.41, 5.74) is 0.493. The summed E-state index contributed by atoms with van der Waals surface area (Å²) in [6, 6.07) is 7.20. The Morgan fingerprint density at radius 3 is 2.53 bits per heavy atom. The van der Waals surface area contributed by atoms with Crippen molar-refractivity contribution in [3.8, 4) is 16.9 Å². The molecule has 1 aliphatic rings. The molecule has 0 saturated carbocycles. The highest BCUT2D eigenvalue weighted by Crippen LogP contribution is 2.36. The lowest BCUT2D eigenvalue weighted by molar-refractivity contribution is -0.0263. The monoisotopic (exact) mass is 422 g/mol. The summed E-state index contributed by atoms with van der Waals surface area (Å²) in [5.74, 6) is -2.03. The van der Waals surface area contributed by atoms with Gasteiger partial charge in [-0.1, -0.05) is 31.5 Å². The Bertz CT molecular complexity index is 833. The molecule has 30 heavy (non-hydrogen) atoms. The van der Waals surface area contributed by atoms with Crippen LogP contribution in [-0.2, 0) is 9.47 Å². The van der Waals surface area contributed by atoms with Crippen LogP contribution in [0.4, 0.5) is 13.2 Å². The molecule has 0 aromatic heterocycles. The quantitative estimate of drug-likeness (QED) is 0.435. The van der Waals surface area contributed by atoms with Crippen LogP contribution in [0.1, 0.15) is 50.7 Å². The van der Waals surface area contributed by atoms with Crippen molar-refractivity contribution in [2.24, 2.45) is 5.92 Å². The van der Waals surface area contributed by atoms with Gasteiger partial charge in [-0.3, -0.25) is 0 Å². The zero-order valence-electron chi connectivity index (χ0n) is 17.6. The van der Waals surface area contributed by atoms with Crippen molar-refractivity contribution in [3.05, 3.63) is 53.3 Å². The van der Waals surface area contributed by atoms with Crippen LogP contribution in [0.3, 0.4) is 0 Å². The fourth-order valence-corrected chi connectivity index (χ4v) is 3.71. The van der Waals surface area contributed by atoms with Crippen molar-refractivity contribution in [3.63, 3.8) is 0 Å². The SMILES string of the molecule is CCCCOc1ccc(-c2ccc(C3CCC(CCOC)CO3)c(F)c2F)cc1F. The second-order valence-corrected chi connectivity index (χ2v) is 7.72. The molecule has 0 spiro atoms. The summed E-state index contributed by atoms with van der Waals surface area (Å²) in [6.07, 6.45) is 3.68.